The largest absolute Gasteiger partial charge is 0.356 e. The highest BCUT2D eigenvalue weighted by Gasteiger charge is 2.21. The number of aromatic amines is 1. The second-order valence-corrected chi connectivity index (χ2v) is 8.27. The van der Waals surface area contributed by atoms with Crippen LogP contribution in [-0.4, -0.2) is 25.4 Å². The van der Waals surface area contributed by atoms with Crippen LogP contribution in [0.5, 0.6) is 0 Å². The first-order valence-corrected chi connectivity index (χ1v) is 10.5. The molecule has 3 aromatic rings. The molecule has 0 aliphatic carbocycles. The summed E-state index contributed by atoms with van der Waals surface area (Å²) in [7, 11) is -1.05. The molecule has 0 aliphatic heterocycles. The second-order valence-electron chi connectivity index (χ2n) is 6.43. The van der Waals surface area contributed by atoms with Gasteiger partial charge in [0.2, 0.25) is 0 Å². The first kappa shape index (κ1) is 20.4. The Morgan fingerprint density at radius 2 is 1.89 bits per heavy atom. The zero-order valence-corrected chi connectivity index (χ0v) is 17.1. The van der Waals surface area contributed by atoms with E-state index in [4.69, 9.17) is 11.6 Å². The van der Waals surface area contributed by atoms with Gasteiger partial charge in [-0.1, -0.05) is 17.7 Å². The molecule has 0 bridgehead atoms. The van der Waals surface area contributed by atoms with Crippen LogP contribution in [0, 0.1) is 25.5 Å². The van der Waals surface area contributed by atoms with Gasteiger partial charge in [-0.25, -0.2) is 18.7 Å². The lowest BCUT2D eigenvalue weighted by atomic mass is 10.1. The predicted molar refractivity (Wildman–Crippen MR) is 107 cm³/mol. The summed E-state index contributed by atoms with van der Waals surface area (Å²) in [6.45, 7) is 3.41. The Labute approximate surface area is 169 Å². The van der Waals surface area contributed by atoms with Crippen LogP contribution in [-0.2, 0) is 16.6 Å². The highest BCUT2D eigenvalue weighted by molar-refractivity contribution is 7.83. The molecule has 28 heavy (non-hydrogen) atoms. The summed E-state index contributed by atoms with van der Waals surface area (Å²) in [5, 5.41) is 3.17. The first-order chi connectivity index (χ1) is 13.2. The van der Waals surface area contributed by atoms with Gasteiger partial charge in [-0.15, -0.1) is 0 Å². The smallest absolute Gasteiger partial charge is 0.144 e. The van der Waals surface area contributed by atoms with Gasteiger partial charge in [0.15, 0.2) is 0 Å². The summed E-state index contributed by atoms with van der Waals surface area (Å²) >= 11 is 5.96. The Kier molecular flexibility index (Phi) is 6.10. The maximum absolute atomic E-state index is 13.6. The summed E-state index contributed by atoms with van der Waals surface area (Å²) in [5.74, 6) is 0.335. The molecule has 5 nitrogen and oxygen atoms in total. The topological polar surface area (TPSA) is 70.7 Å². The third-order valence-electron chi connectivity index (χ3n) is 4.21. The molecule has 0 radical (unpaired) electrons. The molecule has 0 fully saturated rings. The third kappa shape index (κ3) is 4.56. The molecule has 148 valence electrons. The first-order valence-electron chi connectivity index (χ1n) is 8.44. The van der Waals surface area contributed by atoms with E-state index >= 15 is 0 Å². The Hall–Kier alpha value is -2.32. The number of anilines is 1. The maximum Gasteiger partial charge on any atom is 0.144 e. The number of aromatic nitrogens is 3. The van der Waals surface area contributed by atoms with Crippen LogP contribution in [0.4, 0.5) is 14.6 Å². The number of nitrogens with one attached hydrogen (secondary N) is 2. The Balaban J connectivity index is 2.04. The number of imidazole rings is 1. The normalized spacial score (nSPS) is 13.4. The Morgan fingerprint density at radius 1 is 1.18 bits per heavy atom. The summed E-state index contributed by atoms with van der Waals surface area (Å²) in [6.07, 6.45) is 1.61. The lowest BCUT2D eigenvalue weighted by Gasteiger charge is -2.19. The molecule has 2 N–H and O–H groups in total. The molecule has 9 heteroatoms. The molecule has 0 aliphatic rings. The Morgan fingerprint density at radius 3 is 2.54 bits per heavy atom. The molecule has 2 unspecified atom stereocenters. The van der Waals surface area contributed by atoms with Gasteiger partial charge in [-0.3, -0.25) is 4.21 Å². The minimum atomic E-state index is -1.05. The zero-order chi connectivity index (χ0) is 20.4. The van der Waals surface area contributed by atoms with Crippen LogP contribution in [0.3, 0.4) is 0 Å². The predicted octanol–water partition coefficient (Wildman–Crippen LogP) is 4.43. The minimum Gasteiger partial charge on any atom is -0.356 e. The van der Waals surface area contributed by atoms with Crippen molar-refractivity contribution in [1.82, 2.24) is 15.0 Å². The number of rotatable bonds is 6. The molecule has 0 saturated heterocycles. The number of hydrogen-bond donors (Lipinski definition) is 2. The third-order valence-corrected chi connectivity index (χ3v) is 5.18. The lowest BCUT2D eigenvalue weighted by Crippen LogP contribution is -2.15. The highest BCUT2D eigenvalue weighted by atomic mass is 35.5. The summed E-state index contributed by atoms with van der Waals surface area (Å²) in [5.41, 5.74) is 2.36. The number of aryl methyl sites for hydroxylation is 2. The van der Waals surface area contributed by atoms with Gasteiger partial charge in [0.05, 0.1) is 22.2 Å². The van der Waals surface area contributed by atoms with E-state index in [0.717, 1.165) is 5.69 Å². The van der Waals surface area contributed by atoms with E-state index in [1.54, 1.807) is 19.2 Å². The molecule has 2 aromatic heterocycles. The highest BCUT2D eigenvalue weighted by Crippen LogP contribution is 2.28. The van der Waals surface area contributed by atoms with Crippen molar-refractivity contribution in [3.63, 3.8) is 0 Å². The molecule has 2 heterocycles. The molecule has 0 amide bonds. The van der Waals surface area contributed by atoms with Crippen molar-refractivity contribution in [3.8, 4) is 0 Å². The second kappa shape index (κ2) is 8.36. The Bertz CT molecular complexity index is 1040. The van der Waals surface area contributed by atoms with Crippen LogP contribution in [0.1, 0.15) is 34.5 Å². The number of benzene rings is 1. The van der Waals surface area contributed by atoms with E-state index in [2.05, 4.69) is 20.3 Å². The van der Waals surface area contributed by atoms with Crippen molar-refractivity contribution in [2.75, 3.05) is 11.6 Å². The van der Waals surface area contributed by atoms with Gasteiger partial charge in [-0.2, -0.15) is 0 Å². The molecular formula is C19H19ClF2N4OS. The van der Waals surface area contributed by atoms with Gasteiger partial charge in [0.1, 0.15) is 29.3 Å². The number of nitrogens with zero attached hydrogens (tertiary/aromatic N) is 2. The fourth-order valence-electron chi connectivity index (χ4n) is 2.77. The van der Waals surface area contributed by atoms with Gasteiger partial charge in [-0.05, 0) is 43.7 Å². The number of hydrogen-bond acceptors (Lipinski definition) is 4. The van der Waals surface area contributed by atoms with E-state index in [0.29, 0.717) is 28.7 Å². The molecular weight excluding hydrogens is 406 g/mol. The van der Waals surface area contributed by atoms with Crippen LogP contribution in [0.25, 0.3) is 0 Å². The van der Waals surface area contributed by atoms with Crippen molar-refractivity contribution in [1.29, 1.82) is 0 Å². The van der Waals surface area contributed by atoms with E-state index in [-0.39, 0.29) is 10.7 Å². The molecule has 3 rings (SSSR count). The molecule has 1 aromatic carbocycles. The van der Waals surface area contributed by atoms with E-state index in [9.17, 15) is 13.0 Å². The minimum absolute atomic E-state index is 0.0225. The van der Waals surface area contributed by atoms with Crippen LogP contribution >= 0.6 is 11.6 Å². The van der Waals surface area contributed by atoms with Gasteiger partial charge in [0, 0.05) is 22.7 Å². The van der Waals surface area contributed by atoms with Crippen molar-refractivity contribution in [2.24, 2.45) is 0 Å². The summed E-state index contributed by atoms with van der Waals surface area (Å²) in [4.78, 5) is 11.9. The van der Waals surface area contributed by atoms with E-state index in [1.165, 1.54) is 24.3 Å². The van der Waals surface area contributed by atoms with Gasteiger partial charge < -0.3 is 10.3 Å². The fourth-order valence-corrected chi connectivity index (χ4v) is 3.62. The van der Waals surface area contributed by atoms with Crippen molar-refractivity contribution in [2.45, 2.75) is 25.6 Å². The quantitative estimate of drug-likeness (QED) is 0.614. The number of H-pyrrole nitrogens is 1. The van der Waals surface area contributed by atoms with Crippen molar-refractivity contribution >= 4 is 28.2 Å². The fraction of sp³-hybridized carbons (Fsp3) is 0.263. The lowest BCUT2D eigenvalue weighted by molar-refractivity contribution is 0.609. The SMILES string of the molecule is Cc1nc(NC(c2ccc(F)c(Cl)c2)c2nc(CS(C)=O)c(C)[nH]2)ccc1F. The van der Waals surface area contributed by atoms with Crippen LogP contribution in [0.2, 0.25) is 5.02 Å². The van der Waals surface area contributed by atoms with E-state index < -0.39 is 28.5 Å². The van der Waals surface area contributed by atoms with Crippen molar-refractivity contribution in [3.05, 3.63) is 75.5 Å². The zero-order valence-electron chi connectivity index (χ0n) is 15.5. The van der Waals surface area contributed by atoms with Crippen molar-refractivity contribution < 1.29 is 13.0 Å². The standard InChI is InChI=1S/C19H19ClF2N4OS/c1-10-14(21)6-7-17(23-10)26-18(12-4-5-15(22)13(20)8-12)19-24-11(2)16(25-19)9-28(3)27/h4-8,18H,9H2,1-3H3,(H,23,26)(H,24,25). The average Bonchev–Trinajstić information content (AvgIpc) is 2.98. The van der Waals surface area contributed by atoms with Crippen LogP contribution < -0.4 is 5.32 Å². The molecule has 2 atom stereocenters. The van der Waals surface area contributed by atoms with Crippen LogP contribution in [0.15, 0.2) is 30.3 Å². The van der Waals surface area contributed by atoms with Gasteiger partial charge in [0.25, 0.3) is 0 Å². The molecule has 0 saturated carbocycles. The monoisotopic (exact) mass is 424 g/mol. The van der Waals surface area contributed by atoms with E-state index in [1.807, 2.05) is 6.92 Å². The number of pyridine rings is 1. The number of halogens is 3. The van der Waals surface area contributed by atoms with Gasteiger partial charge >= 0.3 is 0 Å². The average molecular weight is 425 g/mol. The summed E-state index contributed by atoms with van der Waals surface area (Å²) in [6, 6.07) is 6.64. The molecule has 0 spiro atoms. The summed E-state index contributed by atoms with van der Waals surface area (Å²) < 4.78 is 38.8. The maximum atomic E-state index is 13.6.